The Hall–Kier alpha value is -3.14. The van der Waals surface area contributed by atoms with E-state index in [2.05, 4.69) is 20.0 Å². The first kappa shape index (κ1) is 13.8. The molecule has 0 atom stereocenters. The Labute approximate surface area is 129 Å². The Balaban J connectivity index is 1.75. The van der Waals surface area contributed by atoms with E-state index in [4.69, 9.17) is 0 Å². The average molecular weight is 286 g/mol. The van der Waals surface area contributed by atoms with Crippen molar-refractivity contribution in [1.29, 1.82) is 0 Å². The van der Waals surface area contributed by atoms with Crippen LogP contribution in [0, 0.1) is 0 Å². The standard InChI is InChI=1S/C18H14N4/c1-3-10-19-17(6-1)13-21-15-8-5-9-16(12-15)22-14-18-7-2-4-11-20-18/h1-14H. The van der Waals surface area contributed by atoms with E-state index in [1.165, 1.54) is 0 Å². The van der Waals surface area contributed by atoms with Gasteiger partial charge in [0.2, 0.25) is 0 Å². The van der Waals surface area contributed by atoms with Crippen LogP contribution in [0.5, 0.6) is 0 Å². The van der Waals surface area contributed by atoms with Gasteiger partial charge in [0.05, 0.1) is 35.2 Å². The van der Waals surface area contributed by atoms with Crippen molar-refractivity contribution in [2.45, 2.75) is 0 Å². The molecule has 2 heterocycles. The lowest BCUT2D eigenvalue weighted by molar-refractivity contribution is 1.30. The van der Waals surface area contributed by atoms with Gasteiger partial charge in [0, 0.05) is 12.4 Å². The third-order valence-corrected chi connectivity index (χ3v) is 2.90. The quantitative estimate of drug-likeness (QED) is 0.681. The molecule has 0 unspecified atom stereocenters. The normalized spacial score (nSPS) is 11.3. The van der Waals surface area contributed by atoms with Gasteiger partial charge in [-0.1, -0.05) is 18.2 Å². The topological polar surface area (TPSA) is 50.5 Å². The molecule has 0 spiro atoms. The van der Waals surface area contributed by atoms with Crippen molar-refractivity contribution in [3.63, 3.8) is 0 Å². The van der Waals surface area contributed by atoms with Crippen molar-refractivity contribution in [2.75, 3.05) is 0 Å². The molecule has 0 bridgehead atoms. The third kappa shape index (κ3) is 3.93. The van der Waals surface area contributed by atoms with Gasteiger partial charge in [-0.2, -0.15) is 0 Å². The van der Waals surface area contributed by atoms with Crippen LogP contribution >= 0.6 is 0 Å². The summed E-state index contributed by atoms with van der Waals surface area (Å²) in [5, 5.41) is 0. The summed E-state index contributed by atoms with van der Waals surface area (Å²) in [5.41, 5.74) is 3.32. The Morgan fingerprint density at radius 1 is 0.636 bits per heavy atom. The number of hydrogen-bond donors (Lipinski definition) is 0. The minimum absolute atomic E-state index is 0.824. The highest BCUT2D eigenvalue weighted by atomic mass is 14.8. The van der Waals surface area contributed by atoms with E-state index < -0.39 is 0 Å². The number of aliphatic imine (C=N–C) groups is 2. The molecule has 1 aromatic carbocycles. The Kier molecular flexibility index (Phi) is 4.42. The zero-order valence-corrected chi connectivity index (χ0v) is 11.9. The zero-order chi connectivity index (χ0) is 15.0. The molecule has 4 heteroatoms. The third-order valence-electron chi connectivity index (χ3n) is 2.90. The highest BCUT2D eigenvalue weighted by Crippen LogP contribution is 2.20. The van der Waals surface area contributed by atoms with Gasteiger partial charge in [0.15, 0.2) is 0 Å². The van der Waals surface area contributed by atoms with Crippen molar-refractivity contribution in [3.8, 4) is 0 Å². The van der Waals surface area contributed by atoms with Crippen LogP contribution in [0.1, 0.15) is 11.4 Å². The van der Waals surface area contributed by atoms with Crippen molar-refractivity contribution in [2.24, 2.45) is 9.98 Å². The fourth-order valence-electron chi connectivity index (χ4n) is 1.84. The molecule has 0 aliphatic rings. The fourth-order valence-corrected chi connectivity index (χ4v) is 1.84. The number of benzene rings is 1. The molecule has 22 heavy (non-hydrogen) atoms. The van der Waals surface area contributed by atoms with E-state index in [1.54, 1.807) is 24.8 Å². The second-order valence-electron chi connectivity index (χ2n) is 4.55. The van der Waals surface area contributed by atoms with Crippen LogP contribution in [0.3, 0.4) is 0 Å². The van der Waals surface area contributed by atoms with Crippen molar-refractivity contribution in [1.82, 2.24) is 9.97 Å². The first-order chi connectivity index (χ1) is 10.9. The summed E-state index contributed by atoms with van der Waals surface area (Å²) < 4.78 is 0. The van der Waals surface area contributed by atoms with Gasteiger partial charge in [0.25, 0.3) is 0 Å². The van der Waals surface area contributed by atoms with Gasteiger partial charge in [-0.15, -0.1) is 0 Å². The van der Waals surface area contributed by atoms with Crippen LogP contribution in [0.2, 0.25) is 0 Å². The molecule has 0 fully saturated rings. The number of rotatable bonds is 4. The van der Waals surface area contributed by atoms with Gasteiger partial charge >= 0.3 is 0 Å². The predicted molar refractivity (Wildman–Crippen MR) is 89.4 cm³/mol. The van der Waals surface area contributed by atoms with E-state index in [0.717, 1.165) is 22.8 Å². The lowest BCUT2D eigenvalue weighted by Gasteiger charge is -1.97. The lowest BCUT2D eigenvalue weighted by atomic mass is 10.3. The lowest BCUT2D eigenvalue weighted by Crippen LogP contribution is -1.84. The number of pyridine rings is 2. The molecule has 0 aliphatic carbocycles. The summed E-state index contributed by atoms with van der Waals surface area (Å²) in [7, 11) is 0. The van der Waals surface area contributed by atoms with Crippen LogP contribution in [0.15, 0.2) is 83.0 Å². The number of aromatic nitrogens is 2. The summed E-state index contributed by atoms with van der Waals surface area (Å²) >= 11 is 0. The highest BCUT2D eigenvalue weighted by Gasteiger charge is 1.93. The maximum absolute atomic E-state index is 4.42. The second kappa shape index (κ2) is 7.04. The Morgan fingerprint density at radius 2 is 1.18 bits per heavy atom. The molecule has 0 saturated heterocycles. The van der Waals surface area contributed by atoms with Gasteiger partial charge < -0.3 is 0 Å². The number of nitrogens with zero attached hydrogens (tertiary/aromatic N) is 4. The van der Waals surface area contributed by atoms with Crippen LogP contribution in [0.4, 0.5) is 11.4 Å². The molecule has 0 saturated carbocycles. The van der Waals surface area contributed by atoms with Crippen molar-refractivity contribution in [3.05, 3.63) is 84.4 Å². The molecule has 0 aliphatic heterocycles. The van der Waals surface area contributed by atoms with Crippen LogP contribution in [-0.2, 0) is 0 Å². The van der Waals surface area contributed by atoms with Crippen LogP contribution in [0.25, 0.3) is 0 Å². The highest BCUT2D eigenvalue weighted by molar-refractivity contribution is 5.81. The summed E-state index contributed by atoms with van der Waals surface area (Å²) in [6, 6.07) is 19.1. The maximum Gasteiger partial charge on any atom is 0.0812 e. The Morgan fingerprint density at radius 3 is 1.64 bits per heavy atom. The molecular formula is C18H14N4. The van der Waals surface area contributed by atoms with Gasteiger partial charge in [-0.25, -0.2) is 0 Å². The molecule has 3 aromatic rings. The van der Waals surface area contributed by atoms with Gasteiger partial charge in [-0.05, 0) is 42.5 Å². The Bertz CT molecular complexity index is 716. The summed E-state index contributed by atoms with van der Waals surface area (Å²) in [5.74, 6) is 0. The van der Waals surface area contributed by atoms with E-state index in [-0.39, 0.29) is 0 Å². The monoisotopic (exact) mass is 286 g/mol. The minimum Gasteiger partial charge on any atom is -0.255 e. The average Bonchev–Trinajstić information content (AvgIpc) is 2.60. The van der Waals surface area contributed by atoms with E-state index in [9.17, 15) is 0 Å². The SMILES string of the molecule is C(=Nc1cccc(N=Cc2ccccn2)c1)c1ccccn1. The predicted octanol–water partition coefficient (Wildman–Crippen LogP) is 3.98. The van der Waals surface area contributed by atoms with Crippen LogP contribution in [-0.4, -0.2) is 22.4 Å². The molecule has 3 rings (SSSR count). The zero-order valence-electron chi connectivity index (χ0n) is 11.9. The summed E-state index contributed by atoms with van der Waals surface area (Å²) in [4.78, 5) is 17.2. The minimum atomic E-state index is 0.824. The molecule has 2 aromatic heterocycles. The molecular weight excluding hydrogens is 272 g/mol. The second-order valence-corrected chi connectivity index (χ2v) is 4.55. The first-order valence-corrected chi connectivity index (χ1v) is 6.90. The van der Waals surface area contributed by atoms with Gasteiger partial charge in [-0.3, -0.25) is 20.0 Å². The first-order valence-electron chi connectivity index (χ1n) is 6.90. The van der Waals surface area contributed by atoms with E-state index in [0.29, 0.717) is 0 Å². The molecule has 0 N–H and O–H groups in total. The summed E-state index contributed by atoms with van der Waals surface area (Å²) in [6.07, 6.45) is 6.97. The van der Waals surface area contributed by atoms with E-state index in [1.807, 2.05) is 60.7 Å². The number of hydrogen-bond acceptors (Lipinski definition) is 4. The molecule has 0 radical (unpaired) electrons. The fraction of sp³-hybridized carbons (Fsp3) is 0. The van der Waals surface area contributed by atoms with E-state index >= 15 is 0 Å². The summed E-state index contributed by atoms with van der Waals surface area (Å²) in [6.45, 7) is 0. The van der Waals surface area contributed by atoms with Crippen molar-refractivity contribution < 1.29 is 0 Å². The van der Waals surface area contributed by atoms with Crippen molar-refractivity contribution >= 4 is 23.8 Å². The smallest absolute Gasteiger partial charge is 0.0812 e. The van der Waals surface area contributed by atoms with Crippen LogP contribution < -0.4 is 0 Å². The molecule has 4 nitrogen and oxygen atoms in total. The van der Waals surface area contributed by atoms with Gasteiger partial charge in [0.1, 0.15) is 0 Å². The maximum atomic E-state index is 4.42. The largest absolute Gasteiger partial charge is 0.255 e. The molecule has 0 amide bonds. The molecule has 106 valence electrons.